The lowest BCUT2D eigenvalue weighted by molar-refractivity contribution is -0.117. The fourth-order valence-corrected chi connectivity index (χ4v) is 2.40. The minimum absolute atomic E-state index is 0.184. The van der Waals surface area contributed by atoms with Gasteiger partial charge < -0.3 is 15.8 Å². The highest BCUT2D eigenvalue weighted by molar-refractivity contribution is 5.86. The number of Topliss-reactive ketones (excluding diaryl/α,β-unsaturated/α-hetero) is 1. The molecule has 1 atom stereocenters. The molecule has 6 heteroatoms. The number of nitrogens with one attached hydrogen (secondary N) is 1. The molecule has 0 amide bonds. The molecule has 2 aromatic heterocycles. The van der Waals surface area contributed by atoms with E-state index in [-0.39, 0.29) is 17.8 Å². The van der Waals surface area contributed by atoms with E-state index >= 15 is 0 Å². The molecule has 0 aromatic carbocycles. The number of hydrogen-bond acceptors (Lipinski definition) is 6. The molecule has 118 valence electrons. The van der Waals surface area contributed by atoms with Crippen molar-refractivity contribution in [2.75, 3.05) is 11.1 Å². The van der Waals surface area contributed by atoms with Gasteiger partial charge in [-0.15, -0.1) is 0 Å². The fraction of sp³-hybridized carbons (Fsp3) is 0.500. The summed E-state index contributed by atoms with van der Waals surface area (Å²) in [5.41, 5.74) is 7.21. The van der Waals surface area contributed by atoms with E-state index in [2.05, 4.69) is 27.2 Å². The first-order valence-corrected chi connectivity index (χ1v) is 7.74. The van der Waals surface area contributed by atoms with Crippen molar-refractivity contribution in [1.82, 2.24) is 15.0 Å². The lowest BCUT2D eigenvalue weighted by atomic mass is 10.0. The third-order valence-electron chi connectivity index (χ3n) is 3.56. The van der Waals surface area contributed by atoms with Crippen molar-refractivity contribution in [3.05, 3.63) is 18.3 Å². The second-order valence-corrected chi connectivity index (χ2v) is 5.53. The lowest BCUT2D eigenvalue weighted by Crippen LogP contribution is -2.22. The van der Waals surface area contributed by atoms with Crippen LogP contribution in [0, 0.1) is 0 Å². The Morgan fingerprint density at radius 1 is 1.36 bits per heavy atom. The molecule has 0 aliphatic carbocycles. The zero-order chi connectivity index (χ0) is 15.9. The van der Waals surface area contributed by atoms with Gasteiger partial charge in [0.2, 0.25) is 5.95 Å². The Bertz CT molecular complexity index is 643. The van der Waals surface area contributed by atoms with Crippen LogP contribution in [0.4, 0.5) is 11.8 Å². The summed E-state index contributed by atoms with van der Waals surface area (Å²) in [6, 6.07) is 3.87. The molecule has 0 unspecified atom stereocenters. The van der Waals surface area contributed by atoms with Crippen molar-refractivity contribution in [2.45, 2.75) is 52.0 Å². The van der Waals surface area contributed by atoms with E-state index in [1.165, 1.54) is 0 Å². The Morgan fingerprint density at radius 3 is 2.91 bits per heavy atom. The number of hydrogen-bond donors (Lipinski definition) is 2. The number of ketones is 1. The predicted octanol–water partition coefficient (Wildman–Crippen LogP) is 2.95. The number of nitrogens with zero attached hydrogens (tertiary/aromatic N) is 3. The maximum Gasteiger partial charge on any atom is 0.222 e. The maximum absolute atomic E-state index is 11.3. The largest absolute Gasteiger partial charge is 0.368 e. The highest BCUT2D eigenvalue weighted by atomic mass is 16.1. The maximum atomic E-state index is 11.3. The predicted molar refractivity (Wildman–Crippen MR) is 88.6 cm³/mol. The number of nitrogens with two attached hydrogens (primary N) is 1. The zero-order valence-electron chi connectivity index (χ0n) is 13.2. The van der Waals surface area contributed by atoms with Gasteiger partial charge in [0.05, 0.1) is 5.52 Å². The van der Waals surface area contributed by atoms with Crippen molar-refractivity contribution in [3.8, 4) is 0 Å². The third-order valence-corrected chi connectivity index (χ3v) is 3.56. The number of aromatic nitrogens is 3. The smallest absolute Gasteiger partial charge is 0.222 e. The van der Waals surface area contributed by atoms with E-state index in [0.717, 1.165) is 31.2 Å². The fourth-order valence-electron chi connectivity index (χ4n) is 2.40. The Hall–Kier alpha value is -2.24. The van der Waals surface area contributed by atoms with Gasteiger partial charge in [0, 0.05) is 18.7 Å². The quantitative estimate of drug-likeness (QED) is 0.778. The standard InChI is InChI=1S/C16H23N5O/c1-3-4-6-12(9-8-11(2)22)19-15-14-13(7-5-10-18-14)20-16(17)21-15/h5,7,10,12H,3-4,6,8-9H2,1-2H3,(H3,17,19,20,21)/t12-/m1/s1. The number of carbonyl (C=O) groups is 1. The number of unbranched alkanes of at least 4 members (excludes halogenated alkanes) is 1. The summed E-state index contributed by atoms with van der Waals surface area (Å²) >= 11 is 0. The third kappa shape index (κ3) is 4.38. The van der Waals surface area contributed by atoms with Crippen molar-refractivity contribution < 1.29 is 4.79 Å². The Balaban J connectivity index is 2.22. The highest BCUT2D eigenvalue weighted by Gasteiger charge is 2.14. The first-order chi connectivity index (χ1) is 10.6. The molecule has 3 N–H and O–H groups in total. The van der Waals surface area contributed by atoms with E-state index in [0.29, 0.717) is 17.8 Å². The molecule has 2 aromatic rings. The van der Waals surface area contributed by atoms with Crippen molar-refractivity contribution in [2.24, 2.45) is 0 Å². The van der Waals surface area contributed by atoms with Crippen LogP contribution in [-0.2, 0) is 4.79 Å². The van der Waals surface area contributed by atoms with Gasteiger partial charge in [-0.2, -0.15) is 4.98 Å². The van der Waals surface area contributed by atoms with Crippen LogP contribution in [0.2, 0.25) is 0 Å². The molecule has 0 saturated carbocycles. The number of anilines is 2. The second kappa shape index (κ2) is 7.68. The van der Waals surface area contributed by atoms with Crippen LogP contribution >= 0.6 is 0 Å². The highest BCUT2D eigenvalue weighted by Crippen LogP contribution is 2.21. The van der Waals surface area contributed by atoms with Gasteiger partial charge in [0.1, 0.15) is 11.3 Å². The molecule has 2 heterocycles. The molecule has 0 aliphatic heterocycles. The average Bonchev–Trinajstić information content (AvgIpc) is 2.49. The molecule has 2 rings (SSSR count). The van der Waals surface area contributed by atoms with E-state index in [1.54, 1.807) is 13.1 Å². The number of pyridine rings is 1. The van der Waals surface area contributed by atoms with Gasteiger partial charge in [-0.05, 0) is 31.9 Å². The zero-order valence-corrected chi connectivity index (χ0v) is 13.2. The van der Waals surface area contributed by atoms with E-state index in [9.17, 15) is 4.79 Å². The van der Waals surface area contributed by atoms with Crippen LogP contribution in [0.5, 0.6) is 0 Å². The second-order valence-electron chi connectivity index (χ2n) is 5.53. The van der Waals surface area contributed by atoms with Crippen LogP contribution in [-0.4, -0.2) is 26.8 Å². The number of rotatable bonds is 8. The van der Waals surface area contributed by atoms with Crippen molar-refractivity contribution in [1.29, 1.82) is 0 Å². The molecule has 0 saturated heterocycles. The number of fused-ring (bicyclic) bond motifs is 1. The molecule has 0 spiro atoms. The van der Waals surface area contributed by atoms with Gasteiger partial charge in [-0.3, -0.25) is 4.98 Å². The first-order valence-electron chi connectivity index (χ1n) is 7.74. The number of carbonyl (C=O) groups excluding carboxylic acids is 1. The van der Waals surface area contributed by atoms with Gasteiger partial charge in [-0.1, -0.05) is 19.8 Å². The molecule has 6 nitrogen and oxygen atoms in total. The minimum Gasteiger partial charge on any atom is -0.368 e. The first kappa shape index (κ1) is 16.1. The average molecular weight is 301 g/mol. The van der Waals surface area contributed by atoms with E-state index in [4.69, 9.17) is 5.73 Å². The molecular weight excluding hydrogens is 278 g/mol. The molecule has 22 heavy (non-hydrogen) atoms. The Morgan fingerprint density at radius 2 is 2.18 bits per heavy atom. The molecule has 0 fully saturated rings. The minimum atomic E-state index is 0.184. The van der Waals surface area contributed by atoms with Crippen LogP contribution < -0.4 is 11.1 Å². The SMILES string of the molecule is CCCC[C@H](CCC(C)=O)Nc1nc(N)nc2cccnc12. The normalized spacial score (nSPS) is 12.3. The van der Waals surface area contributed by atoms with E-state index in [1.807, 2.05) is 12.1 Å². The molecule has 0 aliphatic rings. The lowest BCUT2D eigenvalue weighted by Gasteiger charge is -2.19. The monoisotopic (exact) mass is 301 g/mol. The summed E-state index contributed by atoms with van der Waals surface area (Å²) in [6.07, 6.45) is 6.26. The molecular formula is C16H23N5O. The van der Waals surface area contributed by atoms with Crippen molar-refractivity contribution >= 4 is 28.6 Å². The van der Waals surface area contributed by atoms with Gasteiger partial charge >= 0.3 is 0 Å². The van der Waals surface area contributed by atoms with Crippen LogP contribution in [0.15, 0.2) is 18.3 Å². The Labute approximate surface area is 130 Å². The molecule has 0 radical (unpaired) electrons. The summed E-state index contributed by atoms with van der Waals surface area (Å²) in [6.45, 7) is 3.78. The number of nitrogen functional groups attached to an aromatic ring is 1. The van der Waals surface area contributed by atoms with E-state index < -0.39 is 0 Å². The van der Waals surface area contributed by atoms with Gasteiger partial charge in [-0.25, -0.2) is 4.98 Å². The van der Waals surface area contributed by atoms with Crippen LogP contribution in [0.25, 0.3) is 11.0 Å². The topological polar surface area (TPSA) is 93.8 Å². The summed E-state index contributed by atoms with van der Waals surface area (Å²) in [7, 11) is 0. The summed E-state index contributed by atoms with van der Waals surface area (Å²) in [5.74, 6) is 1.07. The summed E-state index contributed by atoms with van der Waals surface area (Å²) < 4.78 is 0. The van der Waals surface area contributed by atoms with Crippen LogP contribution in [0.1, 0.15) is 46.0 Å². The van der Waals surface area contributed by atoms with Crippen LogP contribution in [0.3, 0.4) is 0 Å². The summed E-state index contributed by atoms with van der Waals surface area (Å²) in [4.78, 5) is 24.1. The van der Waals surface area contributed by atoms with Gasteiger partial charge in [0.25, 0.3) is 0 Å². The molecule has 0 bridgehead atoms. The van der Waals surface area contributed by atoms with Gasteiger partial charge in [0.15, 0.2) is 5.82 Å². The Kier molecular flexibility index (Phi) is 5.63. The van der Waals surface area contributed by atoms with Crippen molar-refractivity contribution in [3.63, 3.8) is 0 Å². The summed E-state index contributed by atoms with van der Waals surface area (Å²) in [5, 5.41) is 3.41.